The highest BCUT2D eigenvalue weighted by molar-refractivity contribution is 7.86. The second-order valence-corrected chi connectivity index (χ2v) is 16.8. The summed E-state index contributed by atoms with van der Waals surface area (Å²) in [6.07, 6.45) is 6.09. The number of hydrogen-bond acceptors (Lipinski definition) is 17. The molecular formula is C40H43N11O8S2. The van der Waals surface area contributed by atoms with Crippen LogP contribution in [0.2, 0.25) is 0 Å². The van der Waals surface area contributed by atoms with Crippen LogP contribution in [0.1, 0.15) is 22.3 Å². The Kier molecular flexibility index (Phi) is 11.8. The Balaban J connectivity index is 1.12. The first-order chi connectivity index (χ1) is 29.4. The number of hydrogen-bond donors (Lipinski definition) is 7. The van der Waals surface area contributed by atoms with Gasteiger partial charge in [0.1, 0.15) is 9.79 Å². The maximum absolute atomic E-state index is 13.0. The number of rotatable bonds is 10. The lowest BCUT2D eigenvalue weighted by molar-refractivity contribution is 0.0671. The Labute approximate surface area is 352 Å². The number of nitrogens with two attached hydrogens (primary N) is 1. The summed E-state index contributed by atoms with van der Waals surface area (Å²) in [7, 11) is -9.80. The van der Waals surface area contributed by atoms with E-state index in [4.69, 9.17) is 15.2 Å². The van der Waals surface area contributed by atoms with E-state index < -0.39 is 30.0 Å². The fraction of sp³-hybridized carbons (Fsp3) is 0.200. The monoisotopic (exact) mass is 869 g/mol. The third-order valence-corrected chi connectivity index (χ3v) is 11.8. The molecule has 318 valence electrons. The molecule has 19 nitrogen and oxygen atoms in total. The van der Waals surface area contributed by atoms with E-state index in [2.05, 4.69) is 31.9 Å². The molecule has 4 aromatic rings. The minimum atomic E-state index is -4.96. The molecule has 4 aromatic carbocycles. The maximum atomic E-state index is 13.0. The standard InChI is InChI=1S/C40H43N11O8S2/c41-39-33(35-27-38(49-19-23-59-24-20-49)47-51(45-35)43-32-9-5-2-6-10-32)16-15-29(40(39)61(55,56)57)13-11-28-12-14-30(25-36(28)60(52,53)54)34-26-37(48-17-21-58-22-18-48)46-50(44-34)42-31-7-3-1-4-8-31/h1-16,25-27,42-45H,17-24,41H2,(H,52,53,54)(H,55,56,57). The van der Waals surface area contributed by atoms with Crippen LogP contribution in [0.15, 0.2) is 123 Å². The van der Waals surface area contributed by atoms with Crippen LogP contribution >= 0.6 is 0 Å². The van der Waals surface area contributed by atoms with Gasteiger partial charge in [-0.3, -0.25) is 30.8 Å². The molecule has 0 amide bonds. The van der Waals surface area contributed by atoms with E-state index in [1.54, 1.807) is 24.3 Å². The van der Waals surface area contributed by atoms with Gasteiger partial charge in [0, 0.05) is 49.5 Å². The number of para-hydroxylation sites is 2. The van der Waals surface area contributed by atoms with Crippen LogP contribution in [0.3, 0.4) is 0 Å². The molecule has 0 spiro atoms. The van der Waals surface area contributed by atoms with Crippen LogP contribution in [-0.2, 0) is 29.7 Å². The molecular weight excluding hydrogens is 827 g/mol. The van der Waals surface area contributed by atoms with Crippen molar-refractivity contribution in [2.45, 2.75) is 9.79 Å². The second-order valence-electron chi connectivity index (χ2n) is 14.0. The predicted molar refractivity (Wildman–Crippen MR) is 232 cm³/mol. The van der Waals surface area contributed by atoms with Crippen molar-refractivity contribution >= 4 is 72.5 Å². The van der Waals surface area contributed by atoms with Crippen molar-refractivity contribution in [3.05, 3.63) is 125 Å². The van der Waals surface area contributed by atoms with Crippen molar-refractivity contribution in [1.82, 2.24) is 31.1 Å². The van der Waals surface area contributed by atoms with Gasteiger partial charge in [-0.1, -0.05) is 72.8 Å². The number of hydrazine groups is 4. The molecule has 4 heterocycles. The highest BCUT2D eigenvalue weighted by Crippen LogP contribution is 2.34. The Morgan fingerprint density at radius 3 is 1.66 bits per heavy atom. The third kappa shape index (κ3) is 9.72. The summed E-state index contributed by atoms with van der Waals surface area (Å²) in [5.74, 6) is 1.13. The SMILES string of the molecule is Nc1c(C2=CC(N3CCOCC3)=NN(Nc3ccccc3)N2)ccc(C=Cc2ccc(C3=CC(N4CCOCC4)=NN(Nc4ccccc4)N3)cc2S(=O)(=O)O)c1S(=O)(=O)O. The van der Waals surface area contributed by atoms with Gasteiger partial charge in [-0.15, -0.1) is 20.7 Å². The Morgan fingerprint density at radius 1 is 0.639 bits per heavy atom. The third-order valence-electron chi connectivity index (χ3n) is 9.91. The highest BCUT2D eigenvalue weighted by Gasteiger charge is 2.27. The maximum Gasteiger partial charge on any atom is 0.297 e. The fourth-order valence-electron chi connectivity index (χ4n) is 6.93. The topological polar surface area (TPSA) is 239 Å². The zero-order chi connectivity index (χ0) is 42.6. The summed E-state index contributed by atoms with van der Waals surface area (Å²) in [5.41, 5.74) is 21.8. The van der Waals surface area contributed by atoms with Crippen molar-refractivity contribution < 1.29 is 35.4 Å². The van der Waals surface area contributed by atoms with Crippen molar-refractivity contribution in [3.63, 3.8) is 0 Å². The van der Waals surface area contributed by atoms with Gasteiger partial charge >= 0.3 is 0 Å². The van der Waals surface area contributed by atoms with Crippen LogP contribution in [0.5, 0.6) is 0 Å². The quantitative estimate of drug-likeness (QED) is 0.0685. The number of amidine groups is 2. The predicted octanol–water partition coefficient (Wildman–Crippen LogP) is 3.60. The van der Waals surface area contributed by atoms with Crippen LogP contribution in [0.25, 0.3) is 23.5 Å². The van der Waals surface area contributed by atoms with Crippen LogP contribution in [0, 0.1) is 0 Å². The first-order valence-corrected chi connectivity index (χ1v) is 22.0. The summed E-state index contributed by atoms with van der Waals surface area (Å²) in [4.78, 5) is 2.97. The molecule has 21 heteroatoms. The minimum Gasteiger partial charge on any atom is -0.397 e. The molecule has 4 aliphatic rings. The summed E-state index contributed by atoms with van der Waals surface area (Å²) in [6, 6.07) is 26.0. The smallest absolute Gasteiger partial charge is 0.297 e. The molecule has 4 aliphatic heterocycles. The van der Waals surface area contributed by atoms with E-state index >= 15 is 0 Å². The molecule has 8 rings (SSSR count). The van der Waals surface area contributed by atoms with Crippen molar-refractivity contribution in [2.75, 3.05) is 69.2 Å². The van der Waals surface area contributed by atoms with Gasteiger partial charge in [0.25, 0.3) is 20.2 Å². The first-order valence-electron chi connectivity index (χ1n) is 19.1. The number of benzene rings is 4. The molecule has 0 aliphatic carbocycles. The lowest BCUT2D eigenvalue weighted by Crippen LogP contribution is -2.47. The minimum absolute atomic E-state index is 0.0265. The van der Waals surface area contributed by atoms with Gasteiger partial charge in [0.2, 0.25) is 0 Å². The molecule has 0 bridgehead atoms. The summed E-state index contributed by atoms with van der Waals surface area (Å²) < 4.78 is 83.9. The first kappa shape index (κ1) is 41.1. The van der Waals surface area contributed by atoms with Gasteiger partial charge < -0.3 is 25.0 Å². The number of ether oxygens (including phenoxy) is 2. The zero-order valence-electron chi connectivity index (χ0n) is 32.5. The average Bonchev–Trinajstić information content (AvgIpc) is 3.26. The van der Waals surface area contributed by atoms with Crippen LogP contribution in [0.4, 0.5) is 17.1 Å². The number of nitrogens with zero attached hydrogens (tertiary/aromatic N) is 6. The summed E-state index contributed by atoms with van der Waals surface area (Å²) in [6.45, 7) is 4.29. The van der Waals surface area contributed by atoms with E-state index in [9.17, 15) is 25.9 Å². The lowest BCUT2D eigenvalue weighted by atomic mass is 10.0. The van der Waals surface area contributed by atoms with Crippen molar-refractivity contribution in [1.29, 1.82) is 0 Å². The Hall–Kier alpha value is -6.62. The normalized spacial score (nSPS) is 17.5. The van der Waals surface area contributed by atoms with Gasteiger partial charge in [0.05, 0.1) is 54.9 Å². The number of anilines is 3. The van der Waals surface area contributed by atoms with Gasteiger partial charge in [-0.2, -0.15) is 16.8 Å². The van der Waals surface area contributed by atoms with Gasteiger partial charge in [-0.25, -0.2) is 0 Å². The van der Waals surface area contributed by atoms with Crippen molar-refractivity contribution in [2.24, 2.45) is 10.2 Å². The Morgan fingerprint density at radius 2 is 1.13 bits per heavy atom. The van der Waals surface area contributed by atoms with E-state index in [0.29, 0.717) is 86.9 Å². The molecule has 0 radical (unpaired) electrons. The molecule has 0 saturated carbocycles. The molecule has 2 saturated heterocycles. The van der Waals surface area contributed by atoms with Gasteiger partial charge in [-0.05, 0) is 41.5 Å². The highest BCUT2D eigenvalue weighted by atomic mass is 32.2. The van der Waals surface area contributed by atoms with E-state index in [-0.39, 0.29) is 22.4 Å². The summed E-state index contributed by atoms with van der Waals surface area (Å²) in [5, 5.41) is 12.1. The van der Waals surface area contributed by atoms with E-state index in [1.165, 1.54) is 40.8 Å². The molecule has 61 heavy (non-hydrogen) atoms. The molecule has 2 fully saturated rings. The van der Waals surface area contributed by atoms with E-state index in [1.807, 2.05) is 70.5 Å². The van der Waals surface area contributed by atoms with Crippen LogP contribution in [-0.4, -0.2) is 110 Å². The summed E-state index contributed by atoms with van der Waals surface area (Å²) >= 11 is 0. The fourth-order valence-corrected chi connectivity index (χ4v) is 8.46. The van der Waals surface area contributed by atoms with E-state index in [0.717, 1.165) is 5.69 Å². The van der Waals surface area contributed by atoms with Crippen LogP contribution < -0.4 is 27.4 Å². The molecule has 0 aromatic heterocycles. The molecule has 0 atom stereocenters. The molecule has 0 unspecified atom stereocenters. The number of nitrogen functional groups attached to an aromatic ring is 1. The number of nitrogens with one attached hydrogen (secondary N) is 4. The number of hydrazone groups is 2. The average molecular weight is 870 g/mol. The van der Waals surface area contributed by atoms with Gasteiger partial charge in [0.15, 0.2) is 11.7 Å². The number of morpholine rings is 2. The van der Waals surface area contributed by atoms with Crippen molar-refractivity contribution in [3.8, 4) is 0 Å². The Bertz CT molecular complexity index is 2650. The molecule has 8 N–H and O–H groups in total. The lowest BCUT2D eigenvalue weighted by Gasteiger charge is -2.34. The second kappa shape index (κ2) is 17.5. The zero-order valence-corrected chi connectivity index (χ0v) is 34.2. The largest absolute Gasteiger partial charge is 0.397 e.